The number of carbonyl (C=O) groups excluding carboxylic acids is 1. The minimum absolute atomic E-state index is 0.194. The van der Waals surface area contributed by atoms with Crippen molar-refractivity contribution in [3.05, 3.63) is 24.3 Å². The maximum absolute atomic E-state index is 12.1. The van der Waals surface area contributed by atoms with Crippen LogP contribution < -0.4 is 10.6 Å². The van der Waals surface area contributed by atoms with Crippen LogP contribution in [-0.4, -0.2) is 12.5 Å². The first-order valence-electron chi connectivity index (χ1n) is 6.35. The van der Waals surface area contributed by atoms with Crippen molar-refractivity contribution in [2.24, 2.45) is 0 Å². The van der Waals surface area contributed by atoms with Gasteiger partial charge in [0.05, 0.1) is 0 Å². The summed E-state index contributed by atoms with van der Waals surface area (Å²) in [5, 5.41) is 0. The molecule has 3 nitrogen and oxygen atoms in total. The quantitative estimate of drug-likeness (QED) is 0.768. The molecule has 0 bridgehead atoms. The van der Waals surface area contributed by atoms with Crippen molar-refractivity contribution in [3.8, 4) is 0 Å². The third kappa shape index (κ3) is 4.10. The van der Waals surface area contributed by atoms with Gasteiger partial charge in [0.25, 0.3) is 0 Å². The van der Waals surface area contributed by atoms with Gasteiger partial charge in [-0.3, -0.25) is 4.79 Å². The van der Waals surface area contributed by atoms with Crippen molar-refractivity contribution >= 4 is 17.3 Å². The molecule has 0 fully saturated rings. The lowest BCUT2D eigenvalue weighted by atomic mass is 10.2. The molecule has 0 spiro atoms. The summed E-state index contributed by atoms with van der Waals surface area (Å²) < 4.78 is 0. The number of hydrogen-bond donors (Lipinski definition) is 1. The van der Waals surface area contributed by atoms with E-state index < -0.39 is 0 Å². The fourth-order valence-electron chi connectivity index (χ4n) is 1.78. The molecule has 0 unspecified atom stereocenters. The molecule has 0 aromatic heterocycles. The Bertz CT molecular complexity index is 363. The average Bonchev–Trinajstić information content (AvgIpc) is 2.33. The smallest absolute Gasteiger partial charge is 0.226 e. The maximum atomic E-state index is 12.1. The molecule has 3 heteroatoms. The van der Waals surface area contributed by atoms with Crippen molar-refractivity contribution < 1.29 is 4.79 Å². The van der Waals surface area contributed by atoms with E-state index in [9.17, 15) is 4.79 Å². The molecule has 0 saturated heterocycles. The predicted octanol–water partition coefficient (Wildman–Crippen LogP) is 3.20. The first-order valence-corrected chi connectivity index (χ1v) is 6.35. The third-order valence-electron chi connectivity index (χ3n) is 2.67. The maximum Gasteiger partial charge on any atom is 0.226 e. The minimum atomic E-state index is 0.194. The molecule has 0 aliphatic heterocycles. The van der Waals surface area contributed by atoms with Gasteiger partial charge in [-0.15, -0.1) is 0 Å². The van der Waals surface area contributed by atoms with E-state index in [1.807, 2.05) is 29.2 Å². The van der Waals surface area contributed by atoms with E-state index in [2.05, 4.69) is 13.8 Å². The first kappa shape index (κ1) is 13.6. The van der Waals surface area contributed by atoms with Gasteiger partial charge in [-0.1, -0.05) is 26.3 Å². The van der Waals surface area contributed by atoms with Gasteiger partial charge in [0.15, 0.2) is 0 Å². The van der Waals surface area contributed by atoms with Crippen LogP contribution in [0.2, 0.25) is 0 Å². The Labute approximate surface area is 104 Å². The summed E-state index contributed by atoms with van der Waals surface area (Å²) in [6.45, 7) is 4.93. The molecule has 0 heterocycles. The van der Waals surface area contributed by atoms with Crippen molar-refractivity contribution in [3.63, 3.8) is 0 Å². The molecule has 1 aromatic carbocycles. The summed E-state index contributed by atoms with van der Waals surface area (Å²) in [4.78, 5) is 13.9. The van der Waals surface area contributed by atoms with Crippen LogP contribution in [0.25, 0.3) is 0 Å². The molecule has 1 rings (SSSR count). The molecule has 0 aliphatic carbocycles. The van der Waals surface area contributed by atoms with Crippen LogP contribution >= 0.6 is 0 Å². The summed E-state index contributed by atoms with van der Waals surface area (Å²) in [6.07, 6.45) is 3.56. The zero-order chi connectivity index (χ0) is 12.7. The molecule has 1 amide bonds. The van der Waals surface area contributed by atoms with Gasteiger partial charge in [-0.2, -0.15) is 0 Å². The number of nitrogens with two attached hydrogens (primary N) is 1. The highest BCUT2D eigenvalue weighted by molar-refractivity contribution is 5.93. The molecule has 0 atom stereocenters. The zero-order valence-electron chi connectivity index (χ0n) is 10.8. The standard InChI is InChI=1S/C14H22N2O/c1-3-5-9-14(17)16(10-4-2)13-8-6-7-12(15)11-13/h6-8,11H,3-5,9-10,15H2,1-2H3. The van der Waals surface area contributed by atoms with Gasteiger partial charge in [-0.05, 0) is 31.0 Å². The molecular formula is C14H22N2O. The van der Waals surface area contributed by atoms with Crippen molar-refractivity contribution in [2.75, 3.05) is 17.2 Å². The largest absolute Gasteiger partial charge is 0.399 e. The number of amides is 1. The Balaban J connectivity index is 2.81. The van der Waals surface area contributed by atoms with Crippen LogP contribution in [0, 0.1) is 0 Å². The molecule has 2 N–H and O–H groups in total. The SMILES string of the molecule is CCCCC(=O)N(CCC)c1cccc(N)c1. The Kier molecular flexibility index (Phi) is 5.53. The van der Waals surface area contributed by atoms with Crippen LogP contribution in [-0.2, 0) is 4.79 Å². The van der Waals surface area contributed by atoms with Crippen LogP contribution in [0.4, 0.5) is 11.4 Å². The van der Waals surface area contributed by atoms with Crippen molar-refractivity contribution in [1.82, 2.24) is 0 Å². The van der Waals surface area contributed by atoms with E-state index in [0.29, 0.717) is 12.1 Å². The monoisotopic (exact) mass is 234 g/mol. The number of nitrogens with zero attached hydrogens (tertiary/aromatic N) is 1. The second-order valence-corrected chi connectivity index (χ2v) is 4.24. The number of rotatable bonds is 6. The lowest BCUT2D eigenvalue weighted by Crippen LogP contribution is -2.31. The predicted molar refractivity (Wildman–Crippen MR) is 73.0 cm³/mol. The number of carbonyl (C=O) groups is 1. The summed E-state index contributed by atoms with van der Waals surface area (Å²) in [7, 11) is 0. The van der Waals surface area contributed by atoms with E-state index in [-0.39, 0.29) is 5.91 Å². The first-order chi connectivity index (χ1) is 8.19. The number of hydrogen-bond acceptors (Lipinski definition) is 2. The van der Waals surface area contributed by atoms with Crippen LogP contribution in [0.5, 0.6) is 0 Å². The Morgan fingerprint density at radius 1 is 1.29 bits per heavy atom. The van der Waals surface area contributed by atoms with Gasteiger partial charge >= 0.3 is 0 Å². The molecule has 17 heavy (non-hydrogen) atoms. The molecule has 94 valence electrons. The lowest BCUT2D eigenvalue weighted by Gasteiger charge is -2.22. The van der Waals surface area contributed by atoms with Gasteiger partial charge < -0.3 is 10.6 Å². The van der Waals surface area contributed by atoms with E-state index in [0.717, 1.165) is 31.5 Å². The topological polar surface area (TPSA) is 46.3 Å². The van der Waals surface area contributed by atoms with Crippen LogP contribution in [0.3, 0.4) is 0 Å². The Morgan fingerprint density at radius 2 is 2.06 bits per heavy atom. The summed E-state index contributed by atoms with van der Waals surface area (Å²) in [5.74, 6) is 0.194. The van der Waals surface area contributed by atoms with Crippen molar-refractivity contribution in [1.29, 1.82) is 0 Å². The molecule has 0 aliphatic rings. The molecule has 0 saturated carbocycles. The number of nitrogen functional groups attached to an aromatic ring is 1. The summed E-state index contributed by atoms with van der Waals surface area (Å²) in [6, 6.07) is 7.53. The molecule has 1 aromatic rings. The fraction of sp³-hybridized carbons (Fsp3) is 0.500. The van der Waals surface area contributed by atoms with E-state index in [1.165, 1.54) is 0 Å². The minimum Gasteiger partial charge on any atom is -0.399 e. The van der Waals surface area contributed by atoms with Gasteiger partial charge in [0.2, 0.25) is 5.91 Å². The average molecular weight is 234 g/mol. The third-order valence-corrected chi connectivity index (χ3v) is 2.67. The summed E-state index contributed by atoms with van der Waals surface area (Å²) in [5.41, 5.74) is 7.37. The van der Waals surface area contributed by atoms with Crippen LogP contribution in [0.15, 0.2) is 24.3 Å². The highest BCUT2D eigenvalue weighted by atomic mass is 16.2. The highest BCUT2D eigenvalue weighted by Crippen LogP contribution is 2.19. The molecular weight excluding hydrogens is 212 g/mol. The van der Waals surface area contributed by atoms with Crippen molar-refractivity contribution in [2.45, 2.75) is 39.5 Å². The second kappa shape index (κ2) is 6.94. The lowest BCUT2D eigenvalue weighted by molar-refractivity contribution is -0.118. The summed E-state index contributed by atoms with van der Waals surface area (Å²) >= 11 is 0. The number of anilines is 2. The van der Waals surface area contributed by atoms with E-state index in [1.54, 1.807) is 0 Å². The Morgan fingerprint density at radius 3 is 2.65 bits per heavy atom. The number of unbranched alkanes of at least 4 members (excludes halogenated alkanes) is 1. The molecule has 0 radical (unpaired) electrons. The number of benzene rings is 1. The van der Waals surface area contributed by atoms with Crippen LogP contribution in [0.1, 0.15) is 39.5 Å². The van der Waals surface area contributed by atoms with E-state index in [4.69, 9.17) is 5.73 Å². The zero-order valence-corrected chi connectivity index (χ0v) is 10.8. The van der Waals surface area contributed by atoms with Gasteiger partial charge in [0, 0.05) is 24.3 Å². The Hall–Kier alpha value is -1.51. The highest BCUT2D eigenvalue weighted by Gasteiger charge is 2.14. The van der Waals surface area contributed by atoms with Gasteiger partial charge in [0.1, 0.15) is 0 Å². The van der Waals surface area contributed by atoms with E-state index >= 15 is 0 Å². The van der Waals surface area contributed by atoms with Gasteiger partial charge in [-0.25, -0.2) is 0 Å². The fourth-order valence-corrected chi connectivity index (χ4v) is 1.78. The normalized spacial score (nSPS) is 10.2. The second-order valence-electron chi connectivity index (χ2n) is 4.24.